The van der Waals surface area contributed by atoms with Crippen molar-refractivity contribution in [1.82, 2.24) is 14.9 Å². The van der Waals surface area contributed by atoms with E-state index in [1.807, 2.05) is 0 Å². The molecule has 1 aliphatic carbocycles. The third-order valence-electron chi connectivity index (χ3n) is 2.67. The molecule has 1 saturated carbocycles. The molecular weight excluding hydrogens is 248 g/mol. The lowest BCUT2D eigenvalue weighted by atomic mass is 10.1. The minimum Gasteiger partial charge on any atom is -0.374 e. The second kappa shape index (κ2) is 4.27. The maximum absolute atomic E-state index is 11.8. The number of nitrogens with zero attached hydrogens (tertiary/aromatic N) is 2. The average Bonchev–Trinajstić information content (AvgIpc) is 2.75. The minimum absolute atomic E-state index is 0.0186. The van der Waals surface area contributed by atoms with Gasteiger partial charge in [-0.1, -0.05) is 18.3 Å². The van der Waals surface area contributed by atoms with Crippen molar-refractivity contribution in [3.63, 3.8) is 0 Å². The van der Waals surface area contributed by atoms with Gasteiger partial charge in [0.25, 0.3) is 10.0 Å². The van der Waals surface area contributed by atoms with Gasteiger partial charge >= 0.3 is 0 Å². The van der Waals surface area contributed by atoms with Crippen molar-refractivity contribution >= 4 is 26.5 Å². The first-order valence-electron chi connectivity index (χ1n) is 5.08. The molecule has 0 spiro atoms. The smallest absolute Gasteiger partial charge is 0.270 e. The molecule has 0 aromatic carbocycles. The summed E-state index contributed by atoms with van der Waals surface area (Å²) in [5, 5.41) is 7.21. The Balaban J connectivity index is 2.09. The molecule has 0 radical (unpaired) electrons. The monoisotopic (exact) mass is 262 g/mol. The summed E-state index contributed by atoms with van der Waals surface area (Å²) >= 11 is 0.884. The van der Waals surface area contributed by atoms with E-state index in [0.29, 0.717) is 5.92 Å². The lowest BCUT2D eigenvalue weighted by Gasteiger charge is -2.10. The summed E-state index contributed by atoms with van der Waals surface area (Å²) in [6.45, 7) is 2.12. The Morgan fingerprint density at radius 3 is 2.69 bits per heavy atom. The van der Waals surface area contributed by atoms with Crippen LogP contribution in [-0.4, -0.2) is 24.7 Å². The molecule has 1 aromatic rings. The highest BCUT2D eigenvalue weighted by Crippen LogP contribution is 2.26. The molecule has 3 N–H and O–H groups in total. The fourth-order valence-corrected chi connectivity index (χ4v) is 4.00. The summed E-state index contributed by atoms with van der Waals surface area (Å²) in [7, 11) is -3.53. The molecule has 1 fully saturated rings. The Morgan fingerprint density at radius 1 is 1.44 bits per heavy atom. The first kappa shape index (κ1) is 11.7. The highest BCUT2D eigenvalue weighted by atomic mass is 32.2. The molecule has 1 aliphatic rings. The zero-order valence-corrected chi connectivity index (χ0v) is 10.5. The van der Waals surface area contributed by atoms with Gasteiger partial charge in [0.05, 0.1) is 0 Å². The number of hydrogen-bond donors (Lipinski definition) is 2. The van der Waals surface area contributed by atoms with Crippen molar-refractivity contribution in [3.8, 4) is 0 Å². The van der Waals surface area contributed by atoms with Gasteiger partial charge in [-0.05, 0) is 25.2 Å². The number of nitrogens with one attached hydrogen (secondary N) is 1. The van der Waals surface area contributed by atoms with Crippen LogP contribution in [0.5, 0.6) is 0 Å². The molecule has 0 bridgehead atoms. The molecule has 2 rings (SSSR count). The van der Waals surface area contributed by atoms with Gasteiger partial charge in [-0.25, -0.2) is 13.1 Å². The average molecular weight is 262 g/mol. The summed E-state index contributed by atoms with van der Waals surface area (Å²) < 4.78 is 26.3. The lowest BCUT2D eigenvalue weighted by molar-refractivity contribution is 0.537. The van der Waals surface area contributed by atoms with E-state index in [2.05, 4.69) is 21.8 Å². The van der Waals surface area contributed by atoms with Crippen LogP contribution < -0.4 is 10.5 Å². The second-order valence-corrected chi connectivity index (χ2v) is 7.04. The maximum atomic E-state index is 11.8. The number of aromatic nitrogens is 2. The van der Waals surface area contributed by atoms with Crippen LogP contribution in [0.2, 0.25) is 0 Å². The first-order chi connectivity index (χ1) is 7.47. The van der Waals surface area contributed by atoms with E-state index in [4.69, 9.17) is 5.73 Å². The Kier molecular flexibility index (Phi) is 3.13. The van der Waals surface area contributed by atoms with Crippen molar-refractivity contribution in [1.29, 1.82) is 0 Å². The Hall–Kier alpha value is -0.730. The van der Waals surface area contributed by atoms with E-state index in [1.54, 1.807) is 0 Å². The van der Waals surface area contributed by atoms with Crippen LogP contribution in [0, 0.1) is 5.92 Å². The number of nitrogens with two attached hydrogens (primary N) is 1. The van der Waals surface area contributed by atoms with E-state index in [1.165, 1.54) is 0 Å². The molecule has 0 aliphatic heterocycles. The molecule has 8 heteroatoms. The molecule has 2 atom stereocenters. The van der Waals surface area contributed by atoms with Crippen LogP contribution in [0.1, 0.15) is 26.2 Å². The van der Waals surface area contributed by atoms with E-state index >= 15 is 0 Å². The van der Waals surface area contributed by atoms with Crippen molar-refractivity contribution in [2.24, 2.45) is 5.92 Å². The van der Waals surface area contributed by atoms with Crippen molar-refractivity contribution in [3.05, 3.63) is 0 Å². The number of anilines is 1. The van der Waals surface area contributed by atoms with Crippen LogP contribution in [0.4, 0.5) is 5.13 Å². The summed E-state index contributed by atoms with van der Waals surface area (Å²) in [6, 6.07) is 0.0186. The van der Waals surface area contributed by atoms with Gasteiger partial charge in [-0.15, -0.1) is 10.2 Å². The zero-order valence-electron chi connectivity index (χ0n) is 8.88. The quantitative estimate of drug-likeness (QED) is 0.830. The van der Waals surface area contributed by atoms with Gasteiger partial charge in [0.2, 0.25) is 9.47 Å². The van der Waals surface area contributed by atoms with Crippen LogP contribution in [0.15, 0.2) is 4.34 Å². The molecule has 16 heavy (non-hydrogen) atoms. The fourth-order valence-electron chi connectivity index (χ4n) is 1.91. The number of sulfonamides is 1. The molecule has 90 valence electrons. The lowest BCUT2D eigenvalue weighted by Crippen LogP contribution is -2.32. The van der Waals surface area contributed by atoms with Crippen molar-refractivity contribution < 1.29 is 8.42 Å². The standard InChI is InChI=1S/C8H14N4O2S2/c1-5-2-3-6(4-5)12-16(13,14)8-11-10-7(9)15-8/h5-6,12H,2-4H2,1H3,(H2,9,10). The summed E-state index contributed by atoms with van der Waals surface area (Å²) in [5.74, 6) is 0.576. The van der Waals surface area contributed by atoms with Gasteiger partial charge in [-0.3, -0.25) is 0 Å². The molecule has 6 nitrogen and oxygen atoms in total. The second-order valence-electron chi connectivity index (χ2n) is 4.14. The maximum Gasteiger partial charge on any atom is 0.270 e. The predicted molar refractivity (Wildman–Crippen MR) is 61.4 cm³/mol. The predicted octanol–water partition coefficient (Wildman–Crippen LogP) is 0.587. The highest BCUT2D eigenvalue weighted by Gasteiger charge is 2.28. The van der Waals surface area contributed by atoms with Crippen LogP contribution in [0.3, 0.4) is 0 Å². The van der Waals surface area contributed by atoms with E-state index in [-0.39, 0.29) is 15.5 Å². The third kappa shape index (κ3) is 2.50. The molecule has 0 saturated heterocycles. The Labute approximate surface area is 98.3 Å². The van der Waals surface area contributed by atoms with Crippen LogP contribution in [0.25, 0.3) is 0 Å². The zero-order chi connectivity index (χ0) is 11.8. The van der Waals surface area contributed by atoms with Crippen molar-refractivity contribution in [2.45, 2.75) is 36.6 Å². The van der Waals surface area contributed by atoms with Gasteiger partial charge in [0.15, 0.2) is 0 Å². The van der Waals surface area contributed by atoms with E-state index in [0.717, 1.165) is 30.6 Å². The van der Waals surface area contributed by atoms with E-state index < -0.39 is 10.0 Å². The normalized spacial score (nSPS) is 26.1. The largest absolute Gasteiger partial charge is 0.374 e. The molecular formula is C8H14N4O2S2. The first-order valence-corrected chi connectivity index (χ1v) is 7.38. The van der Waals surface area contributed by atoms with Gasteiger partial charge in [-0.2, -0.15) is 0 Å². The Bertz CT molecular complexity index is 470. The van der Waals surface area contributed by atoms with Gasteiger partial charge in [0.1, 0.15) is 0 Å². The molecule has 1 aromatic heterocycles. The minimum atomic E-state index is -3.53. The summed E-state index contributed by atoms with van der Waals surface area (Å²) in [4.78, 5) is 0. The SMILES string of the molecule is CC1CCC(NS(=O)(=O)c2nnc(N)s2)C1. The molecule has 0 amide bonds. The molecule has 1 heterocycles. The summed E-state index contributed by atoms with van der Waals surface area (Å²) in [5.41, 5.74) is 5.36. The van der Waals surface area contributed by atoms with Crippen molar-refractivity contribution in [2.75, 3.05) is 5.73 Å². The Morgan fingerprint density at radius 2 is 2.19 bits per heavy atom. The van der Waals surface area contributed by atoms with Gasteiger partial charge in [0, 0.05) is 6.04 Å². The topological polar surface area (TPSA) is 98.0 Å². The summed E-state index contributed by atoms with van der Waals surface area (Å²) in [6.07, 6.45) is 2.83. The number of rotatable bonds is 3. The fraction of sp³-hybridized carbons (Fsp3) is 0.750. The highest BCUT2D eigenvalue weighted by molar-refractivity contribution is 7.91. The number of hydrogen-bond acceptors (Lipinski definition) is 6. The molecule has 2 unspecified atom stereocenters. The third-order valence-corrected chi connectivity index (χ3v) is 5.31. The van der Waals surface area contributed by atoms with Gasteiger partial charge < -0.3 is 5.73 Å². The van der Waals surface area contributed by atoms with Crippen LogP contribution >= 0.6 is 11.3 Å². The number of nitrogen functional groups attached to an aromatic ring is 1. The van der Waals surface area contributed by atoms with E-state index in [9.17, 15) is 8.42 Å². The van der Waals surface area contributed by atoms with Crippen LogP contribution in [-0.2, 0) is 10.0 Å².